The molecule has 0 fully saturated rings. The fourth-order valence-electron chi connectivity index (χ4n) is 13.5. The van der Waals surface area contributed by atoms with Crippen molar-refractivity contribution in [2.75, 3.05) is 0 Å². The lowest BCUT2D eigenvalue weighted by molar-refractivity contribution is 0.770. The van der Waals surface area contributed by atoms with E-state index >= 15 is 0 Å². The van der Waals surface area contributed by atoms with Gasteiger partial charge in [-0.2, -0.15) is 0 Å². The molecule has 3 heteroatoms. The van der Waals surface area contributed by atoms with Gasteiger partial charge in [-0.15, -0.1) is 0 Å². The summed E-state index contributed by atoms with van der Waals surface area (Å²) in [4.78, 5) is 0. The van der Waals surface area contributed by atoms with E-state index in [1.54, 1.807) is 0 Å². The maximum Gasteiger partial charge on any atom is 0.179 e. The maximum absolute atomic E-state index is 2.79. The summed E-state index contributed by atoms with van der Waals surface area (Å²) >= 11 is 0. The summed E-state index contributed by atoms with van der Waals surface area (Å²) in [6.45, 7) is 0. The van der Waals surface area contributed by atoms with Gasteiger partial charge in [0.1, 0.15) is 0 Å². The van der Waals surface area contributed by atoms with Crippen LogP contribution in [-0.4, -0.2) is 17.2 Å². The molecule has 0 saturated heterocycles. The Labute approximate surface area is 443 Å². The second-order valence-electron chi connectivity index (χ2n) is 20.3. The summed E-state index contributed by atoms with van der Waals surface area (Å²) in [6, 6.07) is 113. The van der Waals surface area contributed by atoms with E-state index in [-0.39, 0.29) is 0 Å². The van der Waals surface area contributed by atoms with E-state index in [2.05, 4.69) is 312 Å². The molecule has 1 aliphatic rings. The number of hydrogen-bond donors (Lipinski definition) is 0. The van der Waals surface area contributed by atoms with Crippen molar-refractivity contribution < 1.29 is 0 Å². The van der Waals surface area contributed by atoms with Gasteiger partial charge in [-0.25, -0.2) is 0 Å². The summed E-state index contributed by atoms with van der Waals surface area (Å²) in [5.74, 6) is 0. The Bertz CT molecular complexity index is 4360. The van der Waals surface area contributed by atoms with Gasteiger partial charge >= 0.3 is 0 Å². The number of rotatable bonds is 9. The molecule has 14 aromatic rings. The predicted molar refractivity (Wildman–Crippen MR) is 321 cm³/mol. The van der Waals surface area contributed by atoms with Gasteiger partial charge in [0, 0.05) is 32.9 Å². The molecule has 0 unspecified atom stereocenters. The van der Waals surface area contributed by atoms with Gasteiger partial charge < -0.3 is 9.13 Å². The second kappa shape index (κ2) is 17.6. The normalized spacial score (nSPS) is 12.8. The molecule has 0 radical (unpaired) electrons. The minimum Gasteiger partial charge on any atom is -0.309 e. The summed E-state index contributed by atoms with van der Waals surface area (Å²) in [7, 11) is -2.79. The average Bonchev–Trinajstić information content (AvgIpc) is 4.13. The molecule has 0 saturated carbocycles. The standard InChI is InChI=1S/C73H50N2Si/c1-6-24-52(25-7-1)73(53-26-8-2-9-27-53)67-41-19-16-36-61(67)65-40-23-39-60(72(65)73)51-44-46-64-62-37-17-20-42-68(62)75(71(64)48-51)55-45-47-70-66(50-55)63-38-18-21-43-69(63)74(70)54-28-22-35-59(49-54)76(56-29-10-3-11-30-56,57-31-12-4-13-32-57)58-33-14-5-15-34-58/h1-50H. The number of fused-ring (bicyclic) bond motifs is 9. The highest BCUT2D eigenvalue weighted by atomic mass is 28.3. The topological polar surface area (TPSA) is 9.86 Å². The molecule has 0 N–H and O–H groups in total. The van der Waals surface area contributed by atoms with Gasteiger partial charge in [-0.1, -0.05) is 255 Å². The minimum atomic E-state index is -2.79. The molecule has 1 aliphatic carbocycles. The van der Waals surface area contributed by atoms with Crippen molar-refractivity contribution in [2.24, 2.45) is 0 Å². The largest absolute Gasteiger partial charge is 0.309 e. The van der Waals surface area contributed by atoms with Gasteiger partial charge in [0.25, 0.3) is 0 Å². The second-order valence-corrected chi connectivity index (χ2v) is 24.1. The molecule has 2 heterocycles. The van der Waals surface area contributed by atoms with Crippen molar-refractivity contribution in [1.82, 2.24) is 9.13 Å². The first-order valence-corrected chi connectivity index (χ1v) is 28.4. The number of para-hydroxylation sites is 2. The Balaban J connectivity index is 0.937. The Hall–Kier alpha value is -9.54. The molecular formula is C73H50N2Si. The Kier molecular flexibility index (Phi) is 10.2. The van der Waals surface area contributed by atoms with Crippen molar-refractivity contribution in [3.63, 3.8) is 0 Å². The summed E-state index contributed by atoms with van der Waals surface area (Å²) in [5.41, 5.74) is 16.6. The molecule has 2 nitrogen and oxygen atoms in total. The van der Waals surface area contributed by atoms with E-state index in [0.717, 1.165) is 11.4 Å². The number of aromatic nitrogens is 2. The average molecular weight is 983 g/mol. The number of nitrogens with zero attached hydrogens (tertiary/aromatic N) is 2. The van der Waals surface area contributed by atoms with Crippen LogP contribution in [0.15, 0.2) is 303 Å². The number of hydrogen-bond acceptors (Lipinski definition) is 0. The third-order valence-electron chi connectivity index (χ3n) is 16.5. The summed E-state index contributed by atoms with van der Waals surface area (Å²) in [6.07, 6.45) is 0. The predicted octanol–water partition coefficient (Wildman–Crippen LogP) is 15.3. The molecule has 12 aromatic carbocycles. The van der Waals surface area contributed by atoms with Crippen LogP contribution in [0.2, 0.25) is 0 Å². The molecule has 15 rings (SSSR count). The summed E-state index contributed by atoms with van der Waals surface area (Å²) in [5, 5.41) is 10.3. The fraction of sp³-hybridized carbons (Fsp3) is 0.0137. The van der Waals surface area contributed by atoms with Gasteiger partial charge in [-0.3, -0.25) is 0 Å². The first-order valence-electron chi connectivity index (χ1n) is 26.4. The van der Waals surface area contributed by atoms with Gasteiger partial charge in [0.05, 0.1) is 27.5 Å². The van der Waals surface area contributed by atoms with Crippen LogP contribution in [0.1, 0.15) is 22.3 Å². The zero-order valence-electron chi connectivity index (χ0n) is 41.8. The van der Waals surface area contributed by atoms with Crippen LogP contribution in [0.4, 0.5) is 0 Å². The van der Waals surface area contributed by atoms with Crippen molar-refractivity contribution in [1.29, 1.82) is 0 Å². The molecular weight excluding hydrogens is 933 g/mol. The molecule has 2 aromatic heterocycles. The SMILES string of the molecule is c1ccc(C2(c3ccccc3)c3ccccc3-c3cccc(-c4ccc5c6ccccc6n(-c6ccc7c(c6)c6ccccc6n7-c6cccc([Si](c7ccccc7)(c7ccccc7)c7ccccc7)c6)c5c4)c32)cc1. The third kappa shape index (κ3) is 6.40. The number of benzene rings is 12. The molecule has 0 amide bonds. The van der Waals surface area contributed by atoms with Crippen LogP contribution < -0.4 is 20.7 Å². The van der Waals surface area contributed by atoms with Crippen LogP contribution in [-0.2, 0) is 5.41 Å². The van der Waals surface area contributed by atoms with Crippen molar-refractivity contribution in [3.05, 3.63) is 326 Å². The minimum absolute atomic E-state index is 0.528. The first kappa shape index (κ1) is 44.0. The molecule has 0 bridgehead atoms. The van der Waals surface area contributed by atoms with E-state index in [1.807, 2.05) is 0 Å². The highest BCUT2D eigenvalue weighted by Gasteiger charge is 2.47. The highest BCUT2D eigenvalue weighted by Crippen LogP contribution is 2.59. The van der Waals surface area contributed by atoms with Crippen molar-refractivity contribution >= 4 is 72.4 Å². The summed E-state index contributed by atoms with van der Waals surface area (Å²) < 4.78 is 4.99. The van der Waals surface area contributed by atoms with Crippen LogP contribution in [0, 0.1) is 0 Å². The molecule has 0 spiro atoms. The van der Waals surface area contributed by atoms with E-state index in [9.17, 15) is 0 Å². The zero-order chi connectivity index (χ0) is 50.2. The zero-order valence-corrected chi connectivity index (χ0v) is 42.8. The van der Waals surface area contributed by atoms with E-state index in [4.69, 9.17) is 0 Å². The highest BCUT2D eigenvalue weighted by molar-refractivity contribution is 7.19. The van der Waals surface area contributed by atoms with Crippen molar-refractivity contribution in [2.45, 2.75) is 5.41 Å². The van der Waals surface area contributed by atoms with Gasteiger partial charge in [0.2, 0.25) is 0 Å². The molecule has 0 atom stereocenters. The quantitative estimate of drug-likeness (QED) is 0.101. The lowest BCUT2D eigenvalue weighted by Gasteiger charge is -2.35. The maximum atomic E-state index is 2.50. The van der Waals surface area contributed by atoms with E-state index in [0.29, 0.717) is 0 Å². The van der Waals surface area contributed by atoms with Crippen LogP contribution >= 0.6 is 0 Å². The lowest BCUT2D eigenvalue weighted by atomic mass is 9.66. The van der Waals surface area contributed by atoms with E-state index in [1.165, 1.54) is 109 Å². The third-order valence-corrected chi connectivity index (χ3v) is 21.3. The fourth-order valence-corrected chi connectivity index (χ4v) is 18.3. The molecule has 0 aliphatic heterocycles. The smallest absolute Gasteiger partial charge is 0.179 e. The van der Waals surface area contributed by atoms with Gasteiger partial charge in [0.15, 0.2) is 8.07 Å². The van der Waals surface area contributed by atoms with Crippen molar-refractivity contribution in [3.8, 4) is 33.6 Å². The Morgan fingerprint density at radius 1 is 0.263 bits per heavy atom. The monoisotopic (exact) mass is 982 g/mol. The molecule has 356 valence electrons. The van der Waals surface area contributed by atoms with Crippen LogP contribution in [0.25, 0.3) is 77.2 Å². The van der Waals surface area contributed by atoms with Crippen LogP contribution in [0.5, 0.6) is 0 Å². The Morgan fingerprint density at radius 2 is 0.711 bits per heavy atom. The van der Waals surface area contributed by atoms with Gasteiger partial charge in [-0.05, 0) is 114 Å². The van der Waals surface area contributed by atoms with E-state index < -0.39 is 13.5 Å². The van der Waals surface area contributed by atoms with Crippen LogP contribution in [0.3, 0.4) is 0 Å². The first-order chi connectivity index (χ1) is 37.7. The molecule has 76 heavy (non-hydrogen) atoms. The lowest BCUT2D eigenvalue weighted by Crippen LogP contribution is -2.74. The Morgan fingerprint density at radius 3 is 1.34 bits per heavy atom.